The van der Waals surface area contributed by atoms with E-state index >= 15 is 0 Å². The quantitative estimate of drug-likeness (QED) is 0.731. The Morgan fingerprint density at radius 2 is 2.07 bits per heavy atom. The minimum Gasteiger partial charge on any atom is -0.394 e. The van der Waals surface area contributed by atoms with Crippen LogP contribution in [0.4, 0.5) is 0 Å². The van der Waals surface area contributed by atoms with Crippen LogP contribution in [0, 0.1) is 0 Å². The molecule has 3 heteroatoms. The largest absolute Gasteiger partial charge is 0.394 e. The zero-order valence-corrected chi connectivity index (χ0v) is 10.1. The summed E-state index contributed by atoms with van der Waals surface area (Å²) in [6.45, 7) is 7.50. The van der Waals surface area contributed by atoms with Crippen LogP contribution < -0.4 is 0 Å². The zero-order valence-electron chi connectivity index (χ0n) is 10.1. The van der Waals surface area contributed by atoms with E-state index in [0.29, 0.717) is 18.8 Å². The molecule has 1 aliphatic heterocycles. The van der Waals surface area contributed by atoms with Crippen LogP contribution in [0.5, 0.6) is 0 Å². The van der Waals surface area contributed by atoms with Crippen LogP contribution >= 0.6 is 0 Å². The molecule has 1 atom stereocenters. The molecule has 0 amide bonds. The number of piperidine rings is 1. The molecule has 0 saturated carbocycles. The number of rotatable bonds is 6. The van der Waals surface area contributed by atoms with Crippen molar-refractivity contribution in [3.05, 3.63) is 0 Å². The van der Waals surface area contributed by atoms with Gasteiger partial charge in [0.15, 0.2) is 0 Å². The first-order chi connectivity index (χ1) is 7.27. The van der Waals surface area contributed by atoms with Crippen molar-refractivity contribution in [2.45, 2.75) is 51.7 Å². The average Bonchev–Trinajstić information content (AvgIpc) is 2.27. The van der Waals surface area contributed by atoms with Crippen molar-refractivity contribution >= 4 is 0 Å². The van der Waals surface area contributed by atoms with Gasteiger partial charge in [0.05, 0.1) is 19.3 Å². The zero-order chi connectivity index (χ0) is 11.1. The van der Waals surface area contributed by atoms with Gasteiger partial charge in [0.2, 0.25) is 0 Å². The van der Waals surface area contributed by atoms with Gasteiger partial charge in [-0.3, -0.25) is 0 Å². The average molecular weight is 215 g/mol. The standard InChI is InChI=1S/C12H25NO2/c1-3-4-11(2)13-7-5-12(6-8-13)15-10-9-14/h11-12,14H,3-10H2,1-2H3. The molecule has 0 bridgehead atoms. The molecular formula is C12H25NO2. The molecule has 1 unspecified atom stereocenters. The predicted octanol–water partition coefficient (Wildman–Crippen LogP) is 1.65. The van der Waals surface area contributed by atoms with Gasteiger partial charge in [-0.1, -0.05) is 13.3 Å². The Morgan fingerprint density at radius 3 is 2.60 bits per heavy atom. The Kier molecular flexibility index (Phi) is 6.22. The van der Waals surface area contributed by atoms with Crippen LogP contribution in [-0.4, -0.2) is 48.5 Å². The van der Waals surface area contributed by atoms with E-state index in [1.54, 1.807) is 0 Å². The Balaban J connectivity index is 2.17. The number of aliphatic hydroxyl groups is 1. The van der Waals surface area contributed by atoms with Crippen molar-refractivity contribution < 1.29 is 9.84 Å². The lowest BCUT2D eigenvalue weighted by Crippen LogP contribution is -2.42. The third kappa shape index (κ3) is 4.49. The number of hydrogen-bond donors (Lipinski definition) is 1. The summed E-state index contributed by atoms with van der Waals surface area (Å²) in [5.41, 5.74) is 0. The molecule has 15 heavy (non-hydrogen) atoms. The summed E-state index contributed by atoms with van der Waals surface area (Å²) in [6.07, 6.45) is 5.18. The first-order valence-corrected chi connectivity index (χ1v) is 6.24. The molecule has 1 aliphatic rings. The molecule has 1 saturated heterocycles. The number of ether oxygens (including phenoxy) is 1. The highest BCUT2D eigenvalue weighted by atomic mass is 16.5. The van der Waals surface area contributed by atoms with Gasteiger partial charge in [-0.15, -0.1) is 0 Å². The van der Waals surface area contributed by atoms with Gasteiger partial charge in [0, 0.05) is 19.1 Å². The fraction of sp³-hybridized carbons (Fsp3) is 1.00. The van der Waals surface area contributed by atoms with E-state index in [9.17, 15) is 0 Å². The Morgan fingerprint density at radius 1 is 1.40 bits per heavy atom. The van der Waals surface area contributed by atoms with E-state index in [-0.39, 0.29) is 6.61 Å². The molecule has 1 N–H and O–H groups in total. The molecule has 0 aromatic heterocycles. The molecule has 0 aromatic carbocycles. The maximum absolute atomic E-state index is 8.67. The SMILES string of the molecule is CCCC(C)N1CCC(OCCO)CC1. The first-order valence-electron chi connectivity index (χ1n) is 6.24. The fourth-order valence-electron chi connectivity index (χ4n) is 2.30. The first kappa shape index (κ1) is 12.9. The van der Waals surface area contributed by atoms with Crippen LogP contribution in [-0.2, 0) is 4.74 Å². The lowest BCUT2D eigenvalue weighted by Gasteiger charge is -2.35. The maximum atomic E-state index is 8.67. The highest BCUT2D eigenvalue weighted by Crippen LogP contribution is 2.17. The highest BCUT2D eigenvalue weighted by Gasteiger charge is 2.22. The van der Waals surface area contributed by atoms with Crippen LogP contribution in [0.15, 0.2) is 0 Å². The summed E-state index contributed by atoms with van der Waals surface area (Å²) in [5, 5.41) is 8.67. The van der Waals surface area contributed by atoms with Gasteiger partial charge in [-0.2, -0.15) is 0 Å². The van der Waals surface area contributed by atoms with Crippen molar-refractivity contribution in [1.82, 2.24) is 4.90 Å². The van der Waals surface area contributed by atoms with Gasteiger partial charge in [0.25, 0.3) is 0 Å². The smallest absolute Gasteiger partial charge is 0.0701 e. The second-order valence-corrected chi connectivity index (χ2v) is 4.47. The van der Waals surface area contributed by atoms with E-state index in [2.05, 4.69) is 18.7 Å². The van der Waals surface area contributed by atoms with E-state index in [1.165, 1.54) is 12.8 Å². The summed E-state index contributed by atoms with van der Waals surface area (Å²) in [7, 11) is 0. The lowest BCUT2D eigenvalue weighted by molar-refractivity contribution is -0.0145. The third-order valence-electron chi connectivity index (χ3n) is 3.25. The van der Waals surface area contributed by atoms with Crippen molar-refractivity contribution in [2.24, 2.45) is 0 Å². The molecule has 0 spiro atoms. The summed E-state index contributed by atoms with van der Waals surface area (Å²) in [5.74, 6) is 0. The second-order valence-electron chi connectivity index (χ2n) is 4.47. The Bertz CT molecular complexity index is 156. The second kappa shape index (κ2) is 7.20. The van der Waals surface area contributed by atoms with Gasteiger partial charge < -0.3 is 14.7 Å². The maximum Gasteiger partial charge on any atom is 0.0701 e. The van der Waals surface area contributed by atoms with Gasteiger partial charge in [0.1, 0.15) is 0 Å². The summed E-state index contributed by atoms with van der Waals surface area (Å²) in [6, 6.07) is 0.716. The summed E-state index contributed by atoms with van der Waals surface area (Å²) < 4.78 is 5.54. The third-order valence-corrected chi connectivity index (χ3v) is 3.25. The fourth-order valence-corrected chi connectivity index (χ4v) is 2.30. The van der Waals surface area contributed by atoms with Crippen LogP contribution in [0.1, 0.15) is 39.5 Å². The normalized spacial score (nSPS) is 21.8. The molecule has 0 radical (unpaired) electrons. The van der Waals surface area contributed by atoms with Crippen molar-refractivity contribution in [3.63, 3.8) is 0 Å². The summed E-state index contributed by atoms with van der Waals surface area (Å²) >= 11 is 0. The molecule has 0 aliphatic carbocycles. The molecule has 1 rings (SSSR count). The predicted molar refractivity (Wildman–Crippen MR) is 62.0 cm³/mol. The van der Waals surface area contributed by atoms with Gasteiger partial charge in [-0.25, -0.2) is 0 Å². The monoisotopic (exact) mass is 215 g/mol. The van der Waals surface area contributed by atoms with E-state index in [1.807, 2.05) is 0 Å². The topological polar surface area (TPSA) is 32.7 Å². The number of hydrogen-bond acceptors (Lipinski definition) is 3. The number of likely N-dealkylation sites (tertiary alicyclic amines) is 1. The van der Waals surface area contributed by atoms with Crippen LogP contribution in [0.2, 0.25) is 0 Å². The van der Waals surface area contributed by atoms with Crippen LogP contribution in [0.25, 0.3) is 0 Å². The van der Waals surface area contributed by atoms with Crippen molar-refractivity contribution in [3.8, 4) is 0 Å². The molecule has 3 nitrogen and oxygen atoms in total. The lowest BCUT2D eigenvalue weighted by atomic mass is 10.0. The number of nitrogens with zero attached hydrogens (tertiary/aromatic N) is 1. The van der Waals surface area contributed by atoms with Crippen molar-refractivity contribution in [1.29, 1.82) is 0 Å². The molecule has 1 fully saturated rings. The Labute approximate surface area is 93.4 Å². The van der Waals surface area contributed by atoms with E-state index in [4.69, 9.17) is 9.84 Å². The van der Waals surface area contributed by atoms with Crippen LogP contribution in [0.3, 0.4) is 0 Å². The molecule has 90 valence electrons. The molecule has 1 heterocycles. The van der Waals surface area contributed by atoms with E-state index < -0.39 is 0 Å². The highest BCUT2D eigenvalue weighted by molar-refractivity contribution is 4.76. The van der Waals surface area contributed by atoms with Crippen molar-refractivity contribution in [2.75, 3.05) is 26.3 Å². The molecular weight excluding hydrogens is 190 g/mol. The molecule has 0 aromatic rings. The summed E-state index contributed by atoms with van der Waals surface area (Å²) in [4.78, 5) is 2.56. The van der Waals surface area contributed by atoms with Gasteiger partial charge in [-0.05, 0) is 26.2 Å². The Hall–Kier alpha value is -0.120. The minimum atomic E-state index is 0.145. The minimum absolute atomic E-state index is 0.145. The number of aliphatic hydroxyl groups excluding tert-OH is 1. The van der Waals surface area contributed by atoms with Gasteiger partial charge >= 0.3 is 0 Å². The van der Waals surface area contributed by atoms with E-state index in [0.717, 1.165) is 25.9 Å².